The summed E-state index contributed by atoms with van der Waals surface area (Å²) in [6.07, 6.45) is 12.4. The van der Waals surface area contributed by atoms with Gasteiger partial charge in [-0.1, -0.05) is 37.8 Å². The van der Waals surface area contributed by atoms with Crippen molar-refractivity contribution in [3.63, 3.8) is 0 Å². The van der Waals surface area contributed by atoms with Crippen molar-refractivity contribution in [1.82, 2.24) is 15.1 Å². The number of hydrogen-bond acceptors (Lipinski definition) is 3. The van der Waals surface area contributed by atoms with Crippen LogP contribution in [0.3, 0.4) is 0 Å². The van der Waals surface area contributed by atoms with Crippen LogP contribution in [0.25, 0.3) is 5.69 Å². The van der Waals surface area contributed by atoms with Crippen LogP contribution >= 0.6 is 0 Å². The fourth-order valence-electron chi connectivity index (χ4n) is 4.16. The molecule has 0 radical (unpaired) electrons. The van der Waals surface area contributed by atoms with Crippen LogP contribution < -0.4 is 5.32 Å². The van der Waals surface area contributed by atoms with Crippen LogP contribution in [-0.2, 0) is 4.74 Å². The molecule has 0 spiro atoms. The van der Waals surface area contributed by atoms with E-state index in [1.807, 2.05) is 0 Å². The number of nitrogens with one attached hydrogen (secondary N) is 1. The summed E-state index contributed by atoms with van der Waals surface area (Å²) in [5.74, 6) is -0.547. The van der Waals surface area contributed by atoms with Crippen LogP contribution in [0.2, 0.25) is 0 Å². The van der Waals surface area contributed by atoms with Gasteiger partial charge in [0.25, 0.3) is 5.91 Å². The van der Waals surface area contributed by atoms with E-state index < -0.39 is 0 Å². The zero-order chi connectivity index (χ0) is 18.6. The van der Waals surface area contributed by atoms with Gasteiger partial charge in [-0.2, -0.15) is 5.10 Å². The highest BCUT2D eigenvalue weighted by molar-refractivity contribution is 5.94. The summed E-state index contributed by atoms with van der Waals surface area (Å²) in [6, 6.07) is 6.42. The molecule has 2 atom stereocenters. The Kier molecular flexibility index (Phi) is 5.53. The maximum atomic E-state index is 13.9. The van der Waals surface area contributed by atoms with Crippen molar-refractivity contribution in [2.24, 2.45) is 0 Å². The number of carbonyl (C=O) groups excluding carboxylic acids is 1. The number of hydrogen-bond donors (Lipinski definition) is 1. The van der Waals surface area contributed by atoms with E-state index in [0.717, 1.165) is 38.5 Å². The Labute approximate surface area is 158 Å². The van der Waals surface area contributed by atoms with Gasteiger partial charge in [0, 0.05) is 6.20 Å². The molecule has 2 aliphatic rings. The number of carbonyl (C=O) groups is 1. The molecule has 0 bridgehead atoms. The molecule has 5 nitrogen and oxygen atoms in total. The van der Waals surface area contributed by atoms with Crippen molar-refractivity contribution in [2.45, 2.75) is 69.6 Å². The Morgan fingerprint density at radius 2 is 1.85 bits per heavy atom. The predicted octanol–water partition coefficient (Wildman–Crippen LogP) is 4.01. The lowest BCUT2D eigenvalue weighted by molar-refractivity contribution is -0.0419. The normalized spacial score (nSPS) is 23.4. The van der Waals surface area contributed by atoms with Crippen molar-refractivity contribution in [2.75, 3.05) is 0 Å². The second-order valence-electron chi connectivity index (χ2n) is 7.57. The topological polar surface area (TPSA) is 56.1 Å². The first kappa shape index (κ1) is 18.2. The Bertz CT molecular complexity index is 785. The molecule has 1 aromatic heterocycles. The van der Waals surface area contributed by atoms with Crippen LogP contribution in [0.1, 0.15) is 61.7 Å². The molecule has 0 aliphatic heterocycles. The van der Waals surface area contributed by atoms with Gasteiger partial charge in [-0.15, -0.1) is 0 Å². The second-order valence-corrected chi connectivity index (χ2v) is 7.57. The van der Waals surface area contributed by atoms with E-state index in [9.17, 15) is 9.18 Å². The number of nitrogens with zero attached hydrogens (tertiary/aromatic N) is 2. The zero-order valence-electron chi connectivity index (χ0n) is 15.4. The first-order chi connectivity index (χ1) is 13.2. The van der Waals surface area contributed by atoms with Crippen LogP contribution in [-0.4, -0.2) is 33.9 Å². The minimum atomic E-state index is -0.370. The van der Waals surface area contributed by atoms with E-state index in [1.54, 1.807) is 24.4 Å². The van der Waals surface area contributed by atoms with Gasteiger partial charge in [0.1, 0.15) is 11.5 Å². The van der Waals surface area contributed by atoms with Gasteiger partial charge >= 0.3 is 0 Å². The third-order valence-electron chi connectivity index (χ3n) is 5.63. The van der Waals surface area contributed by atoms with E-state index in [-0.39, 0.29) is 23.9 Å². The predicted molar refractivity (Wildman–Crippen MR) is 100 cm³/mol. The molecule has 144 valence electrons. The number of benzene rings is 1. The molecule has 6 heteroatoms. The Hall–Kier alpha value is -2.21. The Balaban J connectivity index is 1.42. The van der Waals surface area contributed by atoms with E-state index in [2.05, 4.69) is 10.4 Å². The van der Waals surface area contributed by atoms with Gasteiger partial charge in [-0.25, -0.2) is 9.07 Å². The summed E-state index contributed by atoms with van der Waals surface area (Å²) in [7, 11) is 0. The molecule has 2 aromatic rings. The summed E-state index contributed by atoms with van der Waals surface area (Å²) in [5, 5.41) is 7.28. The summed E-state index contributed by atoms with van der Waals surface area (Å²) in [6.45, 7) is 0. The fourth-order valence-corrected chi connectivity index (χ4v) is 4.16. The molecule has 27 heavy (non-hydrogen) atoms. The number of halogens is 1. The molecule has 2 saturated carbocycles. The molecule has 0 saturated heterocycles. The molecule has 0 unspecified atom stereocenters. The largest absolute Gasteiger partial charge is 0.373 e. The lowest BCUT2D eigenvalue weighted by atomic mass is 9.92. The van der Waals surface area contributed by atoms with Crippen LogP contribution in [0.15, 0.2) is 36.7 Å². The van der Waals surface area contributed by atoms with Gasteiger partial charge in [0.2, 0.25) is 0 Å². The Morgan fingerprint density at radius 1 is 1.11 bits per heavy atom. The van der Waals surface area contributed by atoms with Gasteiger partial charge in [-0.3, -0.25) is 4.79 Å². The third-order valence-corrected chi connectivity index (χ3v) is 5.63. The molecular weight excluding hydrogens is 345 g/mol. The average Bonchev–Trinajstić information content (AvgIpc) is 3.36. The lowest BCUT2D eigenvalue weighted by Crippen LogP contribution is -2.47. The number of aromatic nitrogens is 2. The van der Waals surface area contributed by atoms with Crippen LogP contribution in [0.4, 0.5) is 4.39 Å². The van der Waals surface area contributed by atoms with Gasteiger partial charge in [0.15, 0.2) is 0 Å². The van der Waals surface area contributed by atoms with Crippen molar-refractivity contribution < 1.29 is 13.9 Å². The molecule has 1 amide bonds. The summed E-state index contributed by atoms with van der Waals surface area (Å²) >= 11 is 0. The van der Waals surface area contributed by atoms with Crippen molar-refractivity contribution in [1.29, 1.82) is 0 Å². The van der Waals surface area contributed by atoms with Gasteiger partial charge < -0.3 is 10.1 Å². The highest BCUT2D eigenvalue weighted by Crippen LogP contribution is 2.28. The summed E-state index contributed by atoms with van der Waals surface area (Å²) in [4.78, 5) is 12.7. The van der Waals surface area contributed by atoms with Crippen LogP contribution in [0.5, 0.6) is 0 Å². The van der Waals surface area contributed by atoms with Crippen molar-refractivity contribution in [3.05, 3.63) is 48.0 Å². The van der Waals surface area contributed by atoms with E-state index in [4.69, 9.17) is 4.74 Å². The monoisotopic (exact) mass is 371 g/mol. The lowest BCUT2D eigenvalue weighted by Gasteiger charge is -2.34. The fraction of sp³-hybridized carbons (Fsp3) is 0.524. The first-order valence-corrected chi connectivity index (χ1v) is 9.96. The molecule has 1 aromatic carbocycles. The van der Waals surface area contributed by atoms with Gasteiger partial charge in [-0.05, 0) is 37.8 Å². The third kappa shape index (κ3) is 4.21. The maximum absolute atomic E-state index is 13.9. The molecule has 1 N–H and O–H groups in total. The van der Waals surface area contributed by atoms with Gasteiger partial charge in [0.05, 0.1) is 30.0 Å². The Morgan fingerprint density at radius 3 is 2.67 bits per heavy atom. The SMILES string of the molecule is O=C(N[C@H]1CCCC[C@@H]1OC1CCCC1)c1cnn(-c2ccccc2F)c1. The molecule has 1 heterocycles. The minimum Gasteiger partial charge on any atom is -0.373 e. The first-order valence-electron chi connectivity index (χ1n) is 9.96. The van der Waals surface area contributed by atoms with Crippen molar-refractivity contribution in [3.8, 4) is 5.69 Å². The number of rotatable bonds is 5. The minimum absolute atomic E-state index is 0.0312. The maximum Gasteiger partial charge on any atom is 0.254 e. The highest BCUT2D eigenvalue weighted by Gasteiger charge is 2.31. The van der Waals surface area contributed by atoms with Crippen molar-refractivity contribution >= 4 is 5.91 Å². The second kappa shape index (κ2) is 8.21. The summed E-state index contributed by atoms with van der Waals surface area (Å²) < 4.78 is 21.6. The molecular formula is C21H26FN3O2. The van der Waals surface area contributed by atoms with E-state index in [1.165, 1.54) is 29.8 Å². The zero-order valence-corrected chi connectivity index (χ0v) is 15.4. The van der Waals surface area contributed by atoms with Crippen LogP contribution in [0, 0.1) is 5.82 Å². The van der Waals surface area contributed by atoms with E-state index >= 15 is 0 Å². The quantitative estimate of drug-likeness (QED) is 0.864. The average molecular weight is 371 g/mol. The van der Waals surface area contributed by atoms with E-state index in [0.29, 0.717) is 17.4 Å². The molecule has 2 aliphatic carbocycles. The molecule has 4 rings (SSSR count). The highest BCUT2D eigenvalue weighted by atomic mass is 19.1. The standard InChI is InChI=1S/C21H26FN3O2/c22-17-9-3-5-11-19(17)25-14-15(13-23-25)21(26)24-18-10-4-6-12-20(18)27-16-7-1-2-8-16/h3,5,9,11,13-14,16,18,20H,1-2,4,6-8,10,12H2,(H,24,26)/t18-,20-/m0/s1. The smallest absolute Gasteiger partial charge is 0.254 e. The molecule has 2 fully saturated rings. The number of amides is 1. The summed E-state index contributed by atoms with van der Waals surface area (Å²) in [5.41, 5.74) is 0.764. The number of ether oxygens (including phenoxy) is 1. The number of para-hydroxylation sites is 1.